The summed E-state index contributed by atoms with van der Waals surface area (Å²) < 4.78 is 0. The molecule has 0 aliphatic heterocycles. The third-order valence-electron chi connectivity index (χ3n) is 1.92. The molecule has 0 fully saturated rings. The molecule has 0 saturated carbocycles. The summed E-state index contributed by atoms with van der Waals surface area (Å²) in [6.07, 6.45) is 2.74. The van der Waals surface area contributed by atoms with Gasteiger partial charge in [0, 0.05) is 24.7 Å². The lowest BCUT2D eigenvalue weighted by atomic mass is 10.1. The van der Waals surface area contributed by atoms with Gasteiger partial charge in [-0.25, -0.2) is 0 Å². The van der Waals surface area contributed by atoms with E-state index < -0.39 is 6.04 Å². The average molecular weight is 178 g/mol. The van der Waals surface area contributed by atoms with E-state index in [-0.39, 0.29) is 5.78 Å². The minimum Gasteiger partial charge on any atom is -0.321 e. The molecular weight excluding hydrogens is 164 g/mol. The first kappa shape index (κ1) is 9.86. The molecule has 0 radical (unpaired) electrons. The summed E-state index contributed by atoms with van der Waals surface area (Å²) in [6, 6.07) is 5.21. The van der Waals surface area contributed by atoms with Crippen LogP contribution in [0.25, 0.3) is 0 Å². The van der Waals surface area contributed by atoms with Gasteiger partial charge in [-0.2, -0.15) is 0 Å². The van der Waals surface area contributed by atoms with Gasteiger partial charge in [0.25, 0.3) is 0 Å². The van der Waals surface area contributed by atoms with Gasteiger partial charge in [-0.1, -0.05) is 13.0 Å². The highest BCUT2D eigenvalue weighted by Gasteiger charge is 2.11. The Hall–Kier alpha value is -1.22. The first-order valence-corrected chi connectivity index (χ1v) is 4.42. The fraction of sp³-hybridized carbons (Fsp3) is 0.400. The predicted octanol–water partition coefficient (Wildman–Crippen LogP) is 0.930. The first-order chi connectivity index (χ1) is 6.24. The SMILES string of the molecule is CCC(=O)[C@H](N)Cc1ccccn1. The van der Waals surface area contributed by atoms with Gasteiger partial charge in [-0.15, -0.1) is 0 Å². The molecule has 0 saturated heterocycles. The van der Waals surface area contributed by atoms with Gasteiger partial charge < -0.3 is 5.73 Å². The van der Waals surface area contributed by atoms with Gasteiger partial charge in [-0.3, -0.25) is 9.78 Å². The summed E-state index contributed by atoms with van der Waals surface area (Å²) >= 11 is 0. The zero-order chi connectivity index (χ0) is 9.68. The van der Waals surface area contributed by atoms with Crippen LogP contribution < -0.4 is 5.73 Å². The van der Waals surface area contributed by atoms with E-state index in [1.807, 2.05) is 25.1 Å². The first-order valence-electron chi connectivity index (χ1n) is 4.42. The van der Waals surface area contributed by atoms with Crippen LogP contribution in [0.5, 0.6) is 0 Å². The molecule has 1 rings (SSSR count). The number of ketones is 1. The van der Waals surface area contributed by atoms with Crippen molar-refractivity contribution in [2.45, 2.75) is 25.8 Å². The van der Waals surface area contributed by atoms with Crippen molar-refractivity contribution in [2.75, 3.05) is 0 Å². The van der Waals surface area contributed by atoms with Gasteiger partial charge in [0.05, 0.1) is 6.04 Å². The molecule has 0 amide bonds. The molecule has 2 N–H and O–H groups in total. The van der Waals surface area contributed by atoms with Crippen molar-refractivity contribution < 1.29 is 4.79 Å². The van der Waals surface area contributed by atoms with Crippen LogP contribution in [0, 0.1) is 0 Å². The fourth-order valence-corrected chi connectivity index (χ4v) is 1.12. The average Bonchev–Trinajstić information content (AvgIpc) is 2.18. The largest absolute Gasteiger partial charge is 0.321 e. The van der Waals surface area contributed by atoms with Gasteiger partial charge in [0.1, 0.15) is 5.78 Å². The summed E-state index contributed by atoms with van der Waals surface area (Å²) in [7, 11) is 0. The Kier molecular flexibility index (Phi) is 3.58. The highest BCUT2D eigenvalue weighted by atomic mass is 16.1. The van der Waals surface area contributed by atoms with Gasteiger partial charge in [0.2, 0.25) is 0 Å². The molecule has 0 bridgehead atoms. The Labute approximate surface area is 78.0 Å². The molecule has 0 unspecified atom stereocenters. The maximum Gasteiger partial charge on any atom is 0.149 e. The van der Waals surface area contributed by atoms with E-state index in [1.165, 1.54) is 0 Å². The molecule has 0 spiro atoms. The molecule has 0 aromatic carbocycles. The van der Waals surface area contributed by atoms with E-state index >= 15 is 0 Å². The number of nitrogens with two attached hydrogens (primary N) is 1. The van der Waals surface area contributed by atoms with Crippen molar-refractivity contribution in [1.82, 2.24) is 4.98 Å². The lowest BCUT2D eigenvalue weighted by Gasteiger charge is -2.07. The number of Topliss-reactive ketones (excluding diaryl/α,β-unsaturated/α-hetero) is 1. The normalized spacial score (nSPS) is 12.5. The van der Waals surface area contributed by atoms with Gasteiger partial charge >= 0.3 is 0 Å². The third-order valence-corrected chi connectivity index (χ3v) is 1.92. The van der Waals surface area contributed by atoms with Crippen molar-refractivity contribution in [1.29, 1.82) is 0 Å². The summed E-state index contributed by atoms with van der Waals surface area (Å²) in [6.45, 7) is 1.82. The number of rotatable bonds is 4. The predicted molar refractivity (Wildman–Crippen MR) is 51.2 cm³/mol. The number of hydrogen-bond acceptors (Lipinski definition) is 3. The van der Waals surface area contributed by atoms with Gasteiger partial charge in [-0.05, 0) is 12.1 Å². The zero-order valence-electron chi connectivity index (χ0n) is 7.73. The molecule has 1 aromatic heterocycles. The summed E-state index contributed by atoms with van der Waals surface area (Å²) in [5, 5.41) is 0. The fourth-order valence-electron chi connectivity index (χ4n) is 1.12. The van der Waals surface area contributed by atoms with E-state index in [1.54, 1.807) is 6.20 Å². The van der Waals surface area contributed by atoms with E-state index in [4.69, 9.17) is 5.73 Å². The van der Waals surface area contributed by atoms with Crippen LogP contribution in [0.2, 0.25) is 0 Å². The van der Waals surface area contributed by atoms with Crippen LogP contribution in [-0.4, -0.2) is 16.8 Å². The monoisotopic (exact) mass is 178 g/mol. The Morgan fingerprint density at radius 3 is 2.92 bits per heavy atom. The number of hydrogen-bond donors (Lipinski definition) is 1. The molecule has 1 aromatic rings. The highest BCUT2D eigenvalue weighted by molar-refractivity contribution is 5.83. The topological polar surface area (TPSA) is 56.0 Å². The number of pyridine rings is 1. The van der Waals surface area contributed by atoms with Crippen LogP contribution in [0.4, 0.5) is 0 Å². The summed E-state index contributed by atoms with van der Waals surface area (Å²) in [5.41, 5.74) is 6.54. The second-order valence-corrected chi connectivity index (χ2v) is 2.95. The minimum atomic E-state index is -0.403. The van der Waals surface area contributed by atoms with E-state index in [9.17, 15) is 4.79 Å². The molecule has 1 atom stereocenters. The number of aromatic nitrogens is 1. The van der Waals surface area contributed by atoms with Crippen LogP contribution in [-0.2, 0) is 11.2 Å². The molecular formula is C10H14N2O. The Bertz CT molecular complexity index is 272. The van der Waals surface area contributed by atoms with Crippen molar-refractivity contribution in [3.8, 4) is 0 Å². The quantitative estimate of drug-likeness (QED) is 0.746. The van der Waals surface area contributed by atoms with E-state index in [0.29, 0.717) is 12.8 Å². The molecule has 0 aliphatic carbocycles. The maximum absolute atomic E-state index is 11.2. The van der Waals surface area contributed by atoms with E-state index in [0.717, 1.165) is 5.69 Å². The number of nitrogens with zero attached hydrogens (tertiary/aromatic N) is 1. The van der Waals surface area contributed by atoms with Crippen LogP contribution in [0.1, 0.15) is 19.0 Å². The molecule has 70 valence electrons. The Morgan fingerprint density at radius 1 is 1.62 bits per heavy atom. The standard InChI is InChI=1S/C10H14N2O/c1-2-10(13)9(11)7-8-5-3-4-6-12-8/h3-6,9H,2,7,11H2,1H3/t9-/m1/s1. The van der Waals surface area contributed by atoms with Crippen molar-refractivity contribution >= 4 is 5.78 Å². The lowest BCUT2D eigenvalue weighted by Crippen LogP contribution is -2.32. The van der Waals surface area contributed by atoms with Crippen molar-refractivity contribution in [3.63, 3.8) is 0 Å². The highest BCUT2D eigenvalue weighted by Crippen LogP contribution is 1.99. The van der Waals surface area contributed by atoms with Crippen molar-refractivity contribution in [2.24, 2.45) is 5.73 Å². The van der Waals surface area contributed by atoms with E-state index in [2.05, 4.69) is 4.98 Å². The van der Waals surface area contributed by atoms with Crippen LogP contribution in [0.3, 0.4) is 0 Å². The lowest BCUT2D eigenvalue weighted by molar-refractivity contribution is -0.119. The second-order valence-electron chi connectivity index (χ2n) is 2.95. The molecule has 3 nitrogen and oxygen atoms in total. The molecule has 1 heterocycles. The zero-order valence-corrected chi connectivity index (χ0v) is 7.73. The second kappa shape index (κ2) is 4.72. The Balaban J connectivity index is 2.55. The molecule has 13 heavy (non-hydrogen) atoms. The van der Waals surface area contributed by atoms with Crippen LogP contribution >= 0.6 is 0 Å². The number of carbonyl (C=O) groups is 1. The summed E-state index contributed by atoms with van der Waals surface area (Å²) in [5.74, 6) is 0.0886. The maximum atomic E-state index is 11.2. The number of carbonyl (C=O) groups excluding carboxylic acids is 1. The van der Waals surface area contributed by atoms with Crippen molar-refractivity contribution in [3.05, 3.63) is 30.1 Å². The summed E-state index contributed by atoms with van der Waals surface area (Å²) in [4.78, 5) is 15.3. The smallest absolute Gasteiger partial charge is 0.149 e. The molecule has 3 heteroatoms. The van der Waals surface area contributed by atoms with Crippen LogP contribution in [0.15, 0.2) is 24.4 Å². The molecule has 0 aliphatic rings. The third kappa shape index (κ3) is 2.95. The minimum absolute atomic E-state index is 0.0886. The Morgan fingerprint density at radius 2 is 2.38 bits per heavy atom. The van der Waals surface area contributed by atoms with Gasteiger partial charge in [0.15, 0.2) is 0 Å².